The van der Waals surface area contributed by atoms with Crippen molar-refractivity contribution in [1.29, 1.82) is 0 Å². The van der Waals surface area contributed by atoms with Crippen LogP contribution < -0.4 is 4.90 Å². The number of hydrogen-bond acceptors (Lipinski definition) is 2. The summed E-state index contributed by atoms with van der Waals surface area (Å²) >= 11 is 12.1. The molecule has 0 radical (unpaired) electrons. The van der Waals surface area contributed by atoms with E-state index in [1.807, 2.05) is 17.0 Å². The quantitative estimate of drug-likeness (QED) is 0.849. The third-order valence-corrected chi connectivity index (χ3v) is 4.00. The molecular formula is C15H20Cl2N2O. The Kier molecular flexibility index (Phi) is 5.17. The van der Waals surface area contributed by atoms with Crippen LogP contribution in [0.3, 0.4) is 0 Å². The van der Waals surface area contributed by atoms with Crippen molar-refractivity contribution < 1.29 is 4.79 Å². The summed E-state index contributed by atoms with van der Waals surface area (Å²) in [6.45, 7) is 7.27. The first kappa shape index (κ1) is 15.5. The molecule has 5 heteroatoms. The van der Waals surface area contributed by atoms with E-state index in [1.165, 1.54) is 0 Å². The maximum Gasteiger partial charge on any atom is 0.222 e. The normalized spacial score (nSPS) is 15.8. The summed E-state index contributed by atoms with van der Waals surface area (Å²) in [6, 6.07) is 5.55. The minimum atomic E-state index is 0.252. The molecule has 1 aromatic rings. The first-order valence-corrected chi connectivity index (χ1v) is 7.70. The summed E-state index contributed by atoms with van der Waals surface area (Å²) in [5, 5.41) is 1.31. The van der Waals surface area contributed by atoms with Gasteiger partial charge in [-0.2, -0.15) is 0 Å². The number of hydrogen-bond donors (Lipinski definition) is 0. The minimum absolute atomic E-state index is 0.252. The van der Waals surface area contributed by atoms with E-state index in [-0.39, 0.29) is 5.91 Å². The van der Waals surface area contributed by atoms with Crippen LogP contribution in [0, 0.1) is 5.92 Å². The predicted octanol–water partition coefficient (Wildman–Crippen LogP) is 3.69. The van der Waals surface area contributed by atoms with Crippen molar-refractivity contribution in [1.82, 2.24) is 4.90 Å². The second kappa shape index (κ2) is 6.68. The molecule has 1 saturated heterocycles. The third-order valence-electron chi connectivity index (χ3n) is 3.47. The Morgan fingerprint density at radius 1 is 1.20 bits per heavy atom. The highest BCUT2D eigenvalue weighted by atomic mass is 35.5. The minimum Gasteiger partial charge on any atom is -0.367 e. The van der Waals surface area contributed by atoms with Crippen LogP contribution in [0.2, 0.25) is 10.0 Å². The number of rotatable bonds is 3. The van der Waals surface area contributed by atoms with Gasteiger partial charge in [0, 0.05) is 37.6 Å². The van der Waals surface area contributed by atoms with Gasteiger partial charge in [0.2, 0.25) is 5.91 Å². The van der Waals surface area contributed by atoms with Crippen molar-refractivity contribution in [3.63, 3.8) is 0 Å². The number of carbonyl (C=O) groups is 1. The zero-order valence-corrected chi connectivity index (χ0v) is 13.4. The van der Waals surface area contributed by atoms with E-state index in [0.29, 0.717) is 22.4 Å². The summed E-state index contributed by atoms with van der Waals surface area (Å²) in [5.41, 5.74) is 0.993. The average molecular weight is 315 g/mol. The molecule has 0 unspecified atom stereocenters. The molecule has 0 N–H and O–H groups in total. The Balaban J connectivity index is 1.95. The van der Waals surface area contributed by atoms with Crippen LogP contribution in [0.25, 0.3) is 0 Å². The van der Waals surface area contributed by atoms with Gasteiger partial charge in [-0.3, -0.25) is 4.79 Å². The summed E-state index contributed by atoms with van der Waals surface area (Å²) in [6.07, 6.45) is 0.627. The monoisotopic (exact) mass is 314 g/mol. The van der Waals surface area contributed by atoms with Gasteiger partial charge < -0.3 is 9.80 Å². The maximum atomic E-state index is 12.0. The maximum absolute atomic E-state index is 12.0. The number of carbonyl (C=O) groups excluding carboxylic acids is 1. The highest BCUT2D eigenvalue weighted by Gasteiger charge is 2.22. The van der Waals surface area contributed by atoms with Crippen molar-refractivity contribution >= 4 is 34.8 Å². The van der Waals surface area contributed by atoms with Crippen molar-refractivity contribution in [3.05, 3.63) is 28.2 Å². The van der Waals surface area contributed by atoms with Gasteiger partial charge in [-0.1, -0.05) is 37.0 Å². The first-order valence-electron chi connectivity index (χ1n) is 6.95. The lowest BCUT2D eigenvalue weighted by Crippen LogP contribution is -2.49. The van der Waals surface area contributed by atoms with E-state index >= 15 is 0 Å². The lowest BCUT2D eigenvalue weighted by atomic mass is 10.1. The Morgan fingerprint density at radius 2 is 1.85 bits per heavy atom. The van der Waals surface area contributed by atoms with Crippen LogP contribution in [0.15, 0.2) is 18.2 Å². The molecule has 20 heavy (non-hydrogen) atoms. The standard InChI is InChI=1S/C15H20Cl2N2O/c1-11(2)9-15(20)19-7-5-18(6-8-19)14-4-3-12(16)10-13(14)17/h3-4,10-11H,5-9H2,1-2H3. The van der Waals surface area contributed by atoms with E-state index in [9.17, 15) is 4.79 Å². The molecule has 3 nitrogen and oxygen atoms in total. The molecule has 0 aliphatic carbocycles. The molecule has 1 aromatic carbocycles. The van der Waals surface area contributed by atoms with Crippen LogP contribution >= 0.6 is 23.2 Å². The molecular weight excluding hydrogens is 295 g/mol. The molecule has 1 amide bonds. The highest BCUT2D eigenvalue weighted by molar-refractivity contribution is 6.36. The van der Waals surface area contributed by atoms with Crippen molar-refractivity contribution in [3.8, 4) is 0 Å². The summed E-state index contributed by atoms with van der Waals surface area (Å²) < 4.78 is 0. The zero-order chi connectivity index (χ0) is 14.7. The van der Waals surface area contributed by atoms with Crippen molar-refractivity contribution in [2.24, 2.45) is 5.92 Å². The number of benzene rings is 1. The molecule has 0 spiro atoms. The van der Waals surface area contributed by atoms with Crippen LogP contribution in [0.5, 0.6) is 0 Å². The van der Waals surface area contributed by atoms with Crippen LogP contribution in [-0.2, 0) is 4.79 Å². The fourth-order valence-electron chi connectivity index (χ4n) is 2.41. The van der Waals surface area contributed by atoms with Crippen molar-refractivity contribution in [2.75, 3.05) is 31.1 Å². The lowest BCUT2D eigenvalue weighted by Gasteiger charge is -2.36. The van der Waals surface area contributed by atoms with Gasteiger partial charge in [-0.05, 0) is 24.1 Å². The summed E-state index contributed by atoms with van der Waals surface area (Å²) in [7, 11) is 0. The average Bonchev–Trinajstić information content (AvgIpc) is 2.38. The largest absolute Gasteiger partial charge is 0.367 e. The molecule has 0 bridgehead atoms. The second-order valence-electron chi connectivity index (χ2n) is 5.56. The lowest BCUT2D eigenvalue weighted by molar-refractivity contribution is -0.132. The Hall–Kier alpha value is -0.930. The molecule has 1 aliphatic rings. The van der Waals surface area contributed by atoms with E-state index in [1.54, 1.807) is 6.07 Å². The Labute approximate surface area is 130 Å². The molecule has 110 valence electrons. The third kappa shape index (κ3) is 3.80. The fraction of sp³-hybridized carbons (Fsp3) is 0.533. The fourth-order valence-corrected chi connectivity index (χ4v) is 2.94. The van der Waals surface area contributed by atoms with E-state index < -0.39 is 0 Å². The smallest absolute Gasteiger partial charge is 0.222 e. The summed E-state index contributed by atoms with van der Waals surface area (Å²) in [4.78, 5) is 16.2. The summed E-state index contributed by atoms with van der Waals surface area (Å²) in [5.74, 6) is 0.660. The van der Waals surface area contributed by atoms with Gasteiger partial charge in [0.15, 0.2) is 0 Å². The van der Waals surface area contributed by atoms with Crippen LogP contribution in [0.4, 0.5) is 5.69 Å². The topological polar surface area (TPSA) is 23.6 Å². The van der Waals surface area contributed by atoms with Gasteiger partial charge >= 0.3 is 0 Å². The van der Waals surface area contributed by atoms with Gasteiger partial charge in [-0.15, -0.1) is 0 Å². The molecule has 0 atom stereocenters. The molecule has 1 fully saturated rings. The number of amides is 1. The number of halogens is 2. The van der Waals surface area contributed by atoms with Gasteiger partial charge in [0.05, 0.1) is 10.7 Å². The molecule has 2 rings (SSSR count). The highest BCUT2D eigenvalue weighted by Crippen LogP contribution is 2.29. The zero-order valence-electron chi connectivity index (χ0n) is 11.9. The predicted molar refractivity (Wildman–Crippen MR) is 84.7 cm³/mol. The number of piperazine rings is 1. The number of anilines is 1. The molecule has 1 aliphatic heterocycles. The van der Waals surface area contributed by atoms with Gasteiger partial charge in [-0.25, -0.2) is 0 Å². The SMILES string of the molecule is CC(C)CC(=O)N1CCN(c2ccc(Cl)cc2Cl)CC1. The molecule has 0 aromatic heterocycles. The molecule has 0 saturated carbocycles. The van der Waals surface area contributed by atoms with Crippen molar-refractivity contribution in [2.45, 2.75) is 20.3 Å². The van der Waals surface area contributed by atoms with E-state index in [2.05, 4.69) is 18.7 Å². The Morgan fingerprint density at radius 3 is 2.40 bits per heavy atom. The number of nitrogens with zero attached hydrogens (tertiary/aromatic N) is 2. The van der Waals surface area contributed by atoms with Gasteiger partial charge in [0.25, 0.3) is 0 Å². The Bertz CT molecular complexity index is 483. The van der Waals surface area contributed by atoms with E-state index in [4.69, 9.17) is 23.2 Å². The van der Waals surface area contributed by atoms with Gasteiger partial charge in [0.1, 0.15) is 0 Å². The van der Waals surface area contributed by atoms with Crippen LogP contribution in [-0.4, -0.2) is 37.0 Å². The van der Waals surface area contributed by atoms with E-state index in [0.717, 1.165) is 31.9 Å². The van der Waals surface area contributed by atoms with Crippen LogP contribution in [0.1, 0.15) is 20.3 Å². The molecule has 1 heterocycles. The first-order chi connectivity index (χ1) is 9.47. The second-order valence-corrected chi connectivity index (χ2v) is 6.41.